The number of anilines is 1. The summed E-state index contributed by atoms with van der Waals surface area (Å²) >= 11 is 0. The van der Waals surface area contributed by atoms with Gasteiger partial charge < -0.3 is 5.32 Å². The molecule has 4 heteroatoms. The molecule has 0 radical (unpaired) electrons. The lowest BCUT2D eigenvalue weighted by molar-refractivity contribution is 0.863. The lowest BCUT2D eigenvalue weighted by atomic mass is 10.0. The topological polar surface area (TPSA) is 46.9 Å². The molecular formula is C20H21N3O. The van der Waals surface area contributed by atoms with Crippen molar-refractivity contribution in [1.29, 1.82) is 0 Å². The van der Waals surface area contributed by atoms with E-state index in [0.717, 1.165) is 11.3 Å². The van der Waals surface area contributed by atoms with Crippen molar-refractivity contribution in [3.63, 3.8) is 0 Å². The quantitative estimate of drug-likeness (QED) is 0.774. The molecule has 0 saturated heterocycles. The summed E-state index contributed by atoms with van der Waals surface area (Å²) < 4.78 is 1.62. The maximum absolute atomic E-state index is 12.6. The second-order valence-electron chi connectivity index (χ2n) is 6.04. The molecule has 0 amide bonds. The summed E-state index contributed by atoms with van der Waals surface area (Å²) in [5, 5.41) is 3.12. The molecule has 1 N–H and O–H groups in total. The van der Waals surface area contributed by atoms with Crippen molar-refractivity contribution in [2.45, 2.75) is 26.3 Å². The van der Waals surface area contributed by atoms with Crippen LogP contribution in [0.2, 0.25) is 0 Å². The number of nitrogens with zero attached hydrogens (tertiary/aromatic N) is 2. The van der Waals surface area contributed by atoms with Crippen molar-refractivity contribution in [3.8, 4) is 5.69 Å². The SMILES string of the molecule is CC(C)c1ccc(-n2ccnc(NCc3ccccc3)c2=O)cc1. The molecule has 3 aromatic rings. The average Bonchev–Trinajstić information content (AvgIpc) is 2.62. The average molecular weight is 319 g/mol. The van der Waals surface area contributed by atoms with Crippen LogP contribution in [0.1, 0.15) is 30.9 Å². The van der Waals surface area contributed by atoms with Crippen LogP contribution in [-0.4, -0.2) is 9.55 Å². The molecule has 0 unspecified atom stereocenters. The van der Waals surface area contributed by atoms with E-state index >= 15 is 0 Å². The van der Waals surface area contributed by atoms with Gasteiger partial charge in [0, 0.05) is 24.6 Å². The highest BCUT2D eigenvalue weighted by Crippen LogP contribution is 2.16. The van der Waals surface area contributed by atoms with Crippen LogP contribution < -0.4 is 10.9 Å². The first kappa shape index (κ1) is 16.0. The highest BCUT2D eigenvalue weighted by Gasteiger charge is 2.07. The standard InChI is InChI=1S/C20H21N3O/c1-15(2)17-8-10-18(11-9-17)23-13-12-21-19(20(23)24)22-14-16-6-4-3-5-7-16/h3-13,15H,14H2,1-2H3,(H,21,22). The Kier molecular flexibility index (Phi) is 4.75. The van der Waals surface area contributed by atoms with Crippen molar-refractivity contribution in [2.24, 2.45) is 0 Å². The number of nitrogens with one attached hydrogen (secondary N) is 1. The fourth-order valence-corrected chi connectivity index (χ4v) is 2.54. The Morgan fingerprint density at radius 1 is 1.04 bits per heavy atom. The number of aromatic nitrogens is 2. The minimum Gasteiger partial charge on any atom is -0.361 e. The second kappa shape index (κ2) is 7.13. The largest absolute Gasteiger partial charge is 0.361 e. The molecule has 0 aliphatic heterocycles. The van der Waals surface area contributed by atoms with Gasteiger partial charge in [0.05, 0.1) is 0 Å². The Labute approximate surface area is 141 Å². The molecular weight excluding hydrogens is 298 g/mol. The lowest BCUT2D eigenvalue weighted by Gasteiger charge is -2.11. The van der Waals surface area contributed by atoms with Crippen LogP contribution in [0.15, 0.2) is 71.8 Å². The maximum atomic E-state index is 12.6. The van der Waals surface area contributed by atoms with Crippen LogP contribution in [0.25, 0.3) is 5.69 Å². The first-order chi connectivity index (χ1) is 11.6. The first-order valence-corrected chi connectivity index (χ1v) is 8.11. The van der Waals surface area contributed by atoms with Gasteiger partial charge in [-0.15, -0.1) is 0 Å². The van der Waals surface area contributed by atoms with Crippen LogP contribution >= 0.6 is 0 Å². The van der Waals surface area contributed by atoms with Gasteiger partial charge >= 0.3 is 0 Å². The molecule has 0 aliphatic rings. The third-order valence-corrected chi connectivity index (χ3v) is 3.98. The fourth-order valence-electron chi connectivity index (χ4n) is 2.54. The normalized spacial score (nSPS) is 10.8. The van der Waals surface area contributed by atoms with Gasteiger partial charge in [0.2, 0.25) is 0 Å². The van der Waals surface area contributed by atoms with E-state index in [0.29, 0.717) is 18.3 Å². The van der Waals surface area contributed by atoms with Gasteiger partial charge in [-0.25, -0.2) is 4.98 Å². The fraction of sp³-hybridized carbons (Fsp3) is 0.200. The molecule has 0 bridgehead atoms. The van der Waals surface area contributed by atoms with Crippen LogP contribution in [-0.2, 0) is 6.54 Å². The van der Waals surface area contributed by atoms with Crippen molar-refractivity contribution in [1.82, 2.24) is 9.55 Å². The summed E-state index contributed by atoms with van der Waals surface area (Å²) in [6.45, 7) is 4.87. The van der Waals surface area contributed by atoms with Gasteiger partial charge in [-0.05, 0) is 29.2 Å². The van der Waals surface area contributed by atoms with Crippen LogP contribution in [0, 0.1) is 0 Å². The second-order valence-corrected chi connectivity index (χ2v) is 6.04. The molecule has 1 heterocycles. The van der Waals surface area contributed by atoms with E-state index in [-0.39, 0.29) is 5.56 Å². The maximum Gasteiger partial charge on any atom is 0.297 e. The summed E-state index contributed by atoms with van der Waals surface area (Å²) in [7, 11) is 0. The number of rotatable bonds is 5. The van der Waals surface area contributed by atoms with Crippen molar-refractivity contribution in [2.75, 3.05) is 5.32 Å². The van der Waals surface area contributed by atoms with Gasteiger partial charge in [-0.3, -0.25) is 9.36 Å². The predicted octanol–water partition coefficient (Wildman–Crippen LogP) is 3.97. The van der Waals surface area contributed by atoms with E-state index in [1.54, 1.807) is 17.0 Å². The summed E-state index contributed by atoms with van der Waals surface area (Å²) in [6, 6.07) is 18.0. The van der Waals surface area contributed by atoms with E-state index in [1.165, 1.54) is 5.56 Å². The zero-order chi connectivity index (χ0) is 16.9. The predicted molar refractivity (Wildman–Crippen MR) is 97.7 cm³/mol. The van der Waals surface area contributed by atoms with E-state index in [4.69, 9.17) is 0 Å². The van der Waals surface area contributed by atoms with Crippen LogP contribution in [0.5, 0.6) is 0 Å². The zero-order valence-electron chi connectivity index (χ0n) is 13.9. The molecule has 1 aromatic heterocycles. The molecule has 4 nitrogen and oxygen atoms in total. The third kappa shape index (κ3) is 3.54. The Balaban J connectivity index is 1.84. The Hall–Kier alpha value is -2.88. The highest BCUT2D eigenvalue weighted by atomic mass is 16.1. The van der Waals surface area contributed by atoms with Crippen LogP contribution in [0.4, 0.5) is 5.82 Å². The Bertz CT molecular complexity index is 852. The molecule has 122 valence electrons. The number of hydrogen-bond acceptors (Lipinski definition) is 3. The summed E-state index contributed by atoms with van der Waals surface area (Å²) in [6.07, 6.45) is 3.34. The monoisotopic (exact) mass is 319 g/mol. The van der Waals surface area contributed by atoms with Crippen molar-refractivity contribution < 1.29 is 0 Å². The minimum atomic E-state index is -0.147. The first-order valence-electron chi connectivity index (χ1n) is 8.11. The highest BCUT2D eigenvalue weighted by molar-refractivity contribution is 5.40. The van der Waals surface area contributed by atoms with E-state index in [1.807, 2.05) is 42.5 Å². The molecule has 0 spiro atoms. The molecule has 24 heavy (non-hydrogen) atoms. The Morgan fingerprint density at radius 3 is 2.42 bits per heavy atom. The van der Waals surface area contributed by atoms with Gasteiger partial charge in [0.1, 0.15) is 0 Å². The van der Waals surface area contributed by atoms with E-state index in [2.05, 4.69) is 36.3 Å². The van der Waals surface area contributed by atoms with Gasteiger partial charge in [-0.1, -0.05) is 56.3 Å². The number of benzene rings is 2. The van der Waals surface area contributed by atoms with Crippen LogP contribution in [0.3, 0.4) is 0 Å². The van der Waals surface area contributed by atoms with Crippen molar-refractivity contribution in [3.05, 3.63) is 88.5 Å². The summed E-state index contributed by atoms with van der Waals surface area (Å²) in [5.41, 5.74) is 3.05. The van der Waals surface area contributed by atoms with Gasteiger partial charge in [0.25, 0.3) is 5.56 Å². The molecule has 3 rings (SSSR count). The van der Waals surface area contributed by atoms with E-state index < -0.39 is 0 Å². The van der Waals surface area contributed by atoms with Crippen molar-refractivity contribution >= 4 is 5.82 Å². The minimum absolute atomic E-state index is 0.147. The van der Waals surface area contributed by atoms with Gasteiger partial charge in [-0.2, -0.15) is 0 Å². The summed E-state index contributed by atoms with van der Waals surface area (Å²) in [5.74, 6) is 0.825. The van der Waals surface area contributed by atoms with E-state index in [9.17, 15) is 4.79 Å². The smallest absolute Gasteiger partial charge is 0.297 e. The molecule has 0 saturated carbocycles. The third-order valence-electron chi connectivity index (χ3n) is 3.98. The zero-order valence-corrected chi connectivity index (χ0v) is 13.9. The molecule has 0 fully saturated rings. The molecule has 2 aromatic carbocycles. The molecule has 0 aliphatic carbocycles. The van der Waals surface area contributed by atoms with Gasteiger partial charge in [0.15, 0.2) is 5.82 Å². The lowest BCUT2D eigenvalue weighted by Crippen LogP contribution is -2.23. The summed E-state index contributed by atoms with van der Waals surface area (Å²) in [4.78, 5) is 16.8. The Morgan fingerprint density at radius 2 is 1.75 bits per heavy atom. The molecule has 0 atom stereocenters. The number of hydrogen-bond donors (Lipinski definition) is 1.